The number of nitrogen functional groups attached to an aromatic ring is 1. The van der Waals surface area contributed by atoms with Gasteiger partial charge in [0.1, 0.15) is 27.3 Å². The van der Waals surface area contributed by atoms with Crippen LogP contribution in [0.25, 0.3) is 0 Å². The van der Waals surface area contributed by atoms with Gasteiger partial charge < -0.3 is 5.73 Å². The molecule has 0 aliphatic rings. The van der Waals surface area contributed by atoms with Gasteiger partial charge in [0.2, 0.25) is 5.95 Å². The minimum atomic E-state index is -4.54. The van der Waals surface area contributed by atoms with Gasteiger partial charge in [-0.05, 0) is 6.92 Å². The van der Waals surface area contributed by atoms with E-state index in [0.717, 1.165) is 0 Å². The lowest BCUT2D eigenvalue weighted by Gasteiger charge is -2.06. The summed E-state index contributed by atoms with van der Waals surface area (Å²) in [6.45, 7) is 5.46. The molecule has 0 spiro atoms. The summed E-state index contributed by atoms with van der Waals surface area (Å²) < 4.78 is 72.0. The van der Waals surface area contributed by atoms with Crippen molar-refractivity contribution >= 4 is 29.2 Å². The summed E-state index contributed by atoms with van der Waals surface area (Å²) in [5.41, 5.74) is 2.91. The normalized spacial score (nSPS) is 11.0. The smallest absolute Gasteiger partial charge is 0.368 e. The van der Waals surface area contributed by atoms with Gasteiger partial charge in [-0.3, -0.25) is 0 Å². The highest BCUT2D eigenvalue weighted by atomic mass is 35.5. The highest BCUT2D eigenvalue weighted by Crippen LogP contribution is 2.33. The van der Waals surface area contributed by atoms with Crippen LogP contribution in [-0.2, 0) is 12.4 Å². The van der Waals surface area contributed by atoms with Gasteiger partial charge in [0, 0.05) is 12.4 Å². The van der Waals surface area contributed by atoms with Crippen LogP contribution < -0.4 is 5.73 Å². The fraction of sp³-hybridized carbons (Fsp3) is 0.385. The van der Waals surface area contributed by atoms with E-state index in [1.54, 1.807) is 0 Å². The number of nitrogens with two attached hydrogens (primary N) is 1. The number of aromatic nitrogens is 4. The zero-order chi connectivity index (χ0) is 20.7. The first kappa shape index (κ1) is 24.1. The van der Waals surface area contributed by atoms with Gasteiger partial charge in [0.05, 0.1) is 0 Å². The summed E-state index contributed by atoms with van der Waals surface area (Å²) >= 11 is 10.4. The third-order valence-corrected chi connectivity index (χ3v) is 2.81. The van der Waals surface area contributed by atoms with Crippen molar-refractivity contribution in [1.29, 1.82) is 0 Å². The van der Waals surface area contributed by atoms with E-state index in [2.05, 4.69) is 19.9 Å². The first-order chi connectivity index (χ1) is 11.8. The van der Waals surface area contributed by atoms with Crippen LogP contribution >= 0.6 is 23.2 Å². The molecule has 0 amide bonds. The molecule has 0 aliphatic carbocycles. The minimum absolute atomic E-state index is 0.216. The maximum absolute atomic E-state index is 12.0. The molecule has 0 aliphatic heterocycles. The molecule has 2 aromatic rings. The van der Waals surface area contributed by atoms with Crippen LogP contribution in [-0.4, -0.2) is 19.9 Å². The summed E-state index contributed by atoms with van der Waals surface area (Å²) in [7, 11) is 0. The third kappa shape index (κ3) is 7.56. The number of aryl methyl sites for hydroxylation is 1. The van der Waals surface area contributed by atoms with Crippen molar-refractivity contribution in [2.75, 3.05) is 5.73 Å². The van der Waals surface area contributed by atoms with E-state index >= 15 is 0 Å². The largest absolute Gasteiger partial charge is 0.420 e. The predicted molar refractivity (Wildman–Crippen MR) is 84.6 cm³/mol. The minimum Gasteiger partial charge on any atom is -0.368 e. The van der Waals surface area contributed by atoms with Crippen molar-refractivity contribution in [2.24, 2.45) is 0 Å². The van der Waals surface area contributed by atoms with Gasteiger partial charge in [-0.15, -0.1) is 0 Å². The highest BCUT2D eigenvalue weighted by molar-refractivity contribution is 6.30. The molecule has 0 aromatic carbocycles. The Bertz CT molecular complexity index is 660. The Morgan fingerprint density at radius 2 is 1.19 bits per heavy atom. The zero-order valence-electron chi connectivity index (χ0n) is 13.5. The molecule has 2 rings (SSSR count). The zero-order valence-corrected chi connectivity index (χ0v) is 15.1. The van der Waals surface area contributed by atoms with Gasteiger partial charge in [-0.2, -0.15) is 26.3 Å². The van der Waals surface area contributed by atoms with E-state index in [4.69, 9.17) is 28.9 Å². The first-order valence-corrected chi connectivity index (χ1v) is 7.49. The Hall–Kier alpha value is -1.88. The van der Waals surface area contributed by atoms with E-state index in [9.17, 15) is 26.3 Å². The van der Waals surface area contributed by atoms with E-state index in [1.165, 1.54) is 6.92 Å². The monoisotopic (exact) mass is 423 g/mol. The average Bonchev–Trinajstić information content (AvgIpc) is 2.47. The number of halogens is 8. The van der Waals surface area contributed by atoms with Gasteiger partial charge >= 0.3 is 12.4 Å². The van der Waals surface area contributed by atoms with Gasteiger partial charge in [0.25, 0.3) is 0 Å². The molecule has 146 valence electrons. The maximum Gasteiger partial charge on any atom is 0.420 e. The van der Waals surface area contributed by atoms with E-state index in [1.807, 2.05) is 13.8 Å². The first-order valence-electron chi connectivity index (χ1n) is 6.74. The maximum atomic E-state index is 12.0. The molecule has 2 N–H and O–H groups in total. The van der Waals surface area contributed by atoms with E-state index in [0.29, 0.717) is 12.4 Å². The van der Waals surface area contributed by atoms with Crippen LogP contribution in [0.5, 0.6) is 0 Å². The molecule has 0 radical (unpaired) electrons. The van der Waals surface area contributed by atoms with Crippen LogP contribution in [0.3, 0.4) is 0 Å². The summed E-state index contributed by atoms with van der Waals surface area (Å²) in [4.78, 5) is 13.1. The number of alkyl halides is 6. The van der Waals surface area contributed by atoms with Crippen LogP contribution in [0.2, 0.25) is 10.3 Å². The molecular weight excluding hydrogens is 411 g/mol. The molecule has 0 fully saturated rings. The fourth-order valence-corrected chi connectivity index (χ4v) is 1.72. The lowest BCUT2D eigenvalue weighted by atomic mass is 10.3. The average molecular weight is 424 g/mol. The lowest BCUT2D eigenvalue weighted by Crippen LogP contribution is -2.09. The Balaban J connectivity index is 0.000000439. The quantitative estimate of drug-likeness (QED) is 0.464. The Morgan fingerprint density at radius 3 is 1.54 bits per heavy atom. The summed E-state index contributed by atoms with van der Waals surface area (Å²) in [6.07, 6.45) is -7.80. The van der Waals surface area contributed by atoms with Crippen molar-refractivity contribution in [1.82, 2.24) is 19.9 Å². The number of nitrogens with zero attached hydrogens (tertiary/aromatic N) is 4. The molecule has 0 saturated heterocycles. The van der Waals surface area contributed by atoms with Crippen molar-refractivity contribution in [3.05, 3.63) is 39.7 Å². The van der Waals surface area contributed by atoms with Gasteiger partial charge in [0.15, 0.2) is 0 Å². The summed E-state index contributed by atoms with van der Waals surface area (Å²) in [5, 5.41) is -1.25. The second-order valence-electron chi connectivity index (χ2n) is 4.05. The number of hydrogen-bond acceptors (Lipinski definition) is 5. The Morgan fingerprint density at radius 1 is 0.808 bits per heavy atom. The fourth-order valence-electron chi connectivity index (χ4n) is 1.20. The topological polar surface area (TPSA) is 77.6 Å². The van der Waals surface area contributed by atoms with Crippen LogP contribution in [0.15, 0.2) is 12.4 Å². The Labute approximate surface area is 154 Å². The van der Waals surface area contributed by atoms with Crippen molar-refractivity contribution in [3.8, 4) is 0 Å². The third-order valence-electron chi connectivity index (χ3n) is 2.23. The predicted octanol–water partition coefficient (Wildman–Crippen LogP) is 5.21. The summed E-state index contributed by atoms with van der Waals surface area (Å²) in [5.74, 6) is -0.0685. The number of hydrogen-bond donors (Lipinski definition) is 1. The molecule has 2 heterocycles. The number of rotatable bonds is 0. The summed E-state index contributed by atoms with van der Waals surface area (Å²) in [6, 6.07) is 0. The number of anilines is 1. The molecule has 5 nitrogen and oxygen atoms in total. The van der Waals surface area contributed by atoms with Crippen LogP contribution in [0, 0.1) is 6.92 Å². The van der Waals surface area contributed by atoms with Crippen molar-refractivity contribution < 1.29 is 26.3 Å². The molecule has 0 saturated carbocycles. The SMILES string of the molecule is CC.Cc1ncc(C(F)(F)F)c(Cl)n1.Nc1ncc(C(F)(F)F)c(Cl)n1. The highest BCUT2D eigenvalue weighted by Gasteiger charge is 2.35. The second-order valence-corrected chi connectivity index (χ2v) is 4.77. The van der Waals surface area contributed by atoms with E-state index < -0.39 is 33.8 Å². The molecule has 26 heavy (non-hydrogen) atoms. The van der Waals surface area contributed by atoms with Crippen molar-refractivity contribution in [3.63, 3.8) is 0 Å². The molecule has 0 bridgehead atoms. The molecule has 13 heteroatoms. The van der Waals surface area contributed by atoms with E-state index in [-0.39, 0.29) is 11.8 Å². The van der Waals surface area contributed by atoms with Crippen LogP contribution in [0.1, 0.15) is 30.8 Å². The van der Waals surface area contributed by atoms with Gasteiger partial charge in [-0.25, -0.2) is 19.9 Å². The van der Waals surface area contributed by atoms with Gasteiger partial charge in [-0.1, -0.05) is 37.0 Å². The standard InChI is InChI=1S/C6H4ClF3N2.C5H3ClF3N3.C2H6/c1-3-11-2-4(5(7)12-3)6(8,9)10;6-3-2(5(7,8)9)1-11-4(10)12-3;1-2/h2H,1H3;1H,(H2,10,11,12);1-2H3. The molecule has 0 unspecified atom stereocenters. The molecule has 0 atom stereocenters. The lowest BCUT2D eigenvalue weighted by molar-refractivity contribution is -0.138. The molecular formula is C13H13Cl2F6N5. The molecule has 2 aromatic heterocycles. The van der Waals surface area contributed by atoms with Crippen LogP contribution in [0.4, 0.5) is 32.3 Å². The second kappa shape index (κ2) is 9.72. The Kier molecular flexibility index (Phi) is 9.01. The van der Waals surface area contributed by atoms with Crippen molar-refractivity contribution in [2.45, 2.75) is 33.1 Å².